The van der Waals surface area contributed by atoms with Crippen LogP contribution in [0, 0.1) is 11.3 Å². The van der Waals surface area contributed by atoms with Crippen LogP contribution in [-0.2, 0) is 6.54 Å². The van der Waals surface area contributed by atoms with Gasteiger partial charge in [-0.05, 0) is 60.8 Å². The molecule has 0 aromatic heterocycles. The Morgan fingerprint density at radius 3 is 2.65 bits per heavy atom. The molecule has 0 spiro atoms. The summed E-state index contributed by atoms with van der Waals surface area (Å²) < 4.78 is 0. The van der Waals surface area contributed by atoms with Gasteiger partial charge in [0.1, 0.15) is 0 Å². The fraction of sp³-hybridized carbons (Fsp3) is 0.571. The summed E-state index contributed by atoms with van der Waals surface area (Å²) in [7, 11) is 0. The highest BCUT2D eigenvalue weighted by molar-refractivity contribution is 6.33. The van der Waals surface area contributed by atoms with Crippen molar-refractivity contribution < 1.29 is 0 Å². The molecule has 3 heteroatoms. The Balaban J connectivity index is 1.55. The molecule has 3 rings (SSSR count). The molecule has 0 aliphatic heterocycles. The van der Waals surface area contributed by atoms with Crippen molar-refractivity contribution >= 4 is 23.2 Å². The number of benzene rings is 1. The predicted octanol–water partition coefficient (Wildman–Crippen LogP) is 4.27. The molecule has 0 atom stereocenters. The van der Waals surface area contributed by atoms with Crippen LogP contribution < -0.4 is 5.32 Å². The van der Waals surface area contributed by atoms with Crippen molar-refractivity contribution in [2.75, 3.05) is 6.54 Å². The van der Waals surface area contributed by atoms with E-state index < -0.39 is 0 Å². The second-order valence-electron chi connectivity index (χ2n) is 5.48. The molecule has 2 aliphatic rings. The third-order valence-corrected chi connectivity index (χ3v) is 4.74. The normalized spacial score (nSPS) is 21.5. The van der Waals surface area contributed by atoms with Gasteiger partial charge in [-0.15, -0.1) is 0 Å². The smallest absolute Gasteiger partial charge is 0.0451 e. The second kappa shape index (κ2) is 4.46. The molecule has 0 radical (unpaired) electrons. The van der Waals surface area contributed by atoms with Gasteiger partial charge in [0.15, 0.2) is 0 Å². The maximum absolute atomic E-state index is 6.14. The number of nitrogens with one attached hydrogen (secondary N) is 1. The minimum absolute atomic E-state index is 0.644. The molecular weight excluding hydrogens is 253 g/mol. The molecule has 1 nitrogen and oxygen atoms in total. The van der Waals surface area contributed by atoms with Gasteiger partial charge < -0.3 is 5.32 Å². The average Bonchev–Trinajstić information content (AvgIpc) is 3.14. The van der Waals surface area contributed by atoms with Crippen LogP contribution in [0.2, 0.25) is 10.0 Å². The van der Waals surface area contributed by atoms with Crippen LogP contribution in [0.15, 0.2) is 18.2 Å². The molecule has 2 fully saturated rings. The SMILES string of the molecule is Clc1ccc(Cl)c(CNCC2(C3CC3)CC2)c1. The Hall–Kier alpha value is -0.240. The van der Waals surface area contributed by atoms with Crippen molar-refractivity contribution in [3.05, 3.63) is 33.8 Å². The van der Waals surface area contributed by atoms with Gasteiger partial charge in [0.05, 0.1) is 0 Å². The van der Waals surface area contributed by atoms with Crippen LogP contribution in [-0.4, -0.2) is 6.54 Å². The van der Waals surface area contributed by atoms with Gasteiger partial charge in [0, 0.05) is 23.1 Å². The van der Waals surface area contributed by atoms with E-state index >= 15 is 0 Å². The summed E-state index contributed by atoms with van der Waals surface area (Å²) in [5.41, 5.74) is 1.75. The number of hydrogen-bond acceptors (Lipinski definition) is 1. The van der Waals surface area contributed by atoms with E-state index in [1.54, 1.807) is 0 Å². The fourth-order valence-corrected chi connectivity index (χ4v) is 3.09. The molecule has 0 amide bonds. The third-order valence-electron chi connectivity index (χ3n) is 4.14. The molecule has 0 heterocycles. The third kappa shape index (κ3) is 2.62. The Bertz CT molecular complexity index is 422. The highest BCUT2D eigenvalue weighted by atomic mass is 35.5. The number of hydrogen-bond donors (Lipinski definition) is 1. The highest BCUT2D eigenvalue weighted by Gasteiger charge is 2.53. The van der Waals surface area contributed by atoms with E-state index in [0.29, 0.717) is 5.41 Å². The lowest BCUT2D eigenvalue weighted by atomic mass is 10.0. The summed E-state index contributed by atoms with van der Waals surface area (Å²) in [6, 6.07) is 5.65. The van der Waals surface area contributed by atoms with Crippen molar-refractivity contribution in [1.82, 2.24) is 5.32 Å². The first-order valence-corrected chi connectivity index (χ1v) is 7.10. The molecule has 0 saturated heterocycles. The molecule has 1 aromatic rings. The van der Waals surface area contributed by atoms with Gasteiger partial charge in [-0.3, -0.25) is 0 Å². The zero-order chi connectivity index (χ0) is 11.9. The van der Waals surface area contributed by atoms with Gasteiger partial charge in [-0.1, -0.05) is 23.2 Å². The van der Waals surface area contributed by atoms with Crippen molar-refractivity contribution in [3.8, 4) is 0 Å². The Kier molecular flexibility index (Phi) is 3.10. The fourth-order valence-electron chi connectivity index (χ4n) is 2.71. The van der Waals surface area contributed by atoms with Crippen molar-refractivity contribution in [2.24, 2.45) is 11.3 Å². The summed E-state index contributed by atoms with van der Waals surface area (Å²) in [5.74, 6) is 1.00. The van der Waals surface area contributed by atoms with Crippen LogP contribution in [0.1, 0.15) is 31.2 Å². The monoisotopic (exact) mass is 269 g/mol. The van der Waals surface area contributed by atoms with E-state index in [-0.39, 0.29) is 0 Å². The topological polar surface area (TPSA) is 12.0 Å². The quantitative estimate of drug-likeness (QED) is 0.842. The largest absolute Gasteiger partial charge is 0.312 e. The minimum Gasteiger partial charge on any atom is -0.312 e. The van der Waals surface area contributed by atoms with Crippen LogP contribution in [0.4, 0.5) is 0 Å². The van der Waals surface area contributed by atoms with Gasteiger partial charge in [0.25, 0.3) is 0 Å². The summed E-state index contributed by atoms with van der Waals surface area (Å²) in [4.78, 5) is 0. The van der Waals surface area contributed by atoms with E-state index in [0.717, 1.165) is 34.6 Å². The van der Waals surface area contributed by atoms with Crippen LogP contribution in [0.5, 0.6) is 0 Å². The van der Waals surface area contributed by atoms with Crippen molar-refractivity contribution in [1.29, 1.82) is 0 Å². The number of rotatable bonds is 5. The Morgan fingerprint density at radius 2 is 2.00 bits per heavy atom. The van der Waals surface area contributed by atoms with E-state index in [1.165, 1.54) is 25.7 Å². The lowest BCUT2D eigenvalue weighted by Gasteiger charge is -2.15. The van der Waals surface area contributed by atoms with E-state index in [2.05, 4.69) is 5.32 Å². The number of halogens is 2. The second-order valence-corrected chi connectivity index (χ2v) is 6.32. The molecular formula is C14H17Cl2N. The molecule has 17 heavy (non-hydrogen) atoms. The summed E-state index contributed by atoms with van der Waals surface area (Å²) in [6.45, 7) is 1.97. The van der Waals surface area contributed by atoms with Crippen LogP contribution in [0.25, 0.3) is 0 Å². The lowest BCUT2D eigenvalue weighted by Crippen LogP contribution is -2.25. The first-order valence-electron chi connectivity index (χ1n) is 6.34. The Morgan fingerprint density at radius 1 is 1.24 bits per heavy atom. The first-order chi connectivity index (χ1) is 8.20. The first kappa shape index (κ1) is 11.8. The minimum atomic E-state index is 0.644. The van der Waals surface area contributed by atoms with Crippen LogP contribution >= 0.6 is 23.2 Å². The molecule has 92 valence electrons. The predicted molar refractivity (Wildman–Crippen MR) is 72.6 cm³/mol. The lowest BCUT2D eigenvalue weighted by molar-refractivity contribution is 0.403. The zero-order valence-electron chi connectivity index (χ0n) is 9.81. The zero-order valence-corrected chi connectivity index (χ0v) is 11.3. The summed E-state index contributed by atoms with van der Waals surface area (Å²) in [5, 5.41) is 5.11. The van der Waals surface area contributed by atoms with E-state index in [4.69, 9.17) is 23.2 Å². The van der Waals surface area contributed by atoms with Gasteiger partial charge in [-0.25, -0.2) is 0 Å². The summed E-state index contributed by atoms with van der Waals surface area (Å²) >= 11 is 12.1. The molecule has 0 unspecified atom stereocenters. The van der Waals surface area contributed by atoms with Crippen LogP contribution in [0.3, 0.4) is 0 Å². The molecule has 2 saturated carbocycles. The van der Waals surface area contributed by atoms with Gasteiger partial charge in [-0.2, -0.15) is 0 Å². The molecule has 0 bridgehead atoms. The molecule has 1 aromatic carbocycles. The molecule has 1 N–H and O–H groups in total. The van der Waals surface area contributed by atoms with E-state index in [9.17, 15) is 0 Å². The average molecular weight is 270 g/mol. The van der Waals surface area contributed by atoms with Crippen molar-refractivity contribution in [2.45, 2.75) is 32.2 Å². The van der Waals surface area contributed by atoms with Gasteiger partial charge in [0.2, 0.25) is 0 Å². The molecule has 2 aliphatic carbocycles. The summed E-state index contributed by atoms with van der Waals surface area (Å²) in [6.07, 6.45) is 5.71. The maximum atomic E-state index is 6.14. The maximum Gasteiger partial charge on any atom is 0.0451 e. The van der Waals surface area contributed by atoms with Crippen molar-refractivity contribution in [3.63, 3.8) is 0 Å². The Labute approximate surface area is 112 Å². The van der Waals surface area contributed by atoms with Gasteiger partial charge >= 0.3 is 0 Å². The highest BCUT2D eigenvalue weighted by Crippen LogP contribution is 2.60. The standard InChI is InChI=1S/C14H17Cl2N/c15-12-3-4-13(16)10(7-12)8-17-9-14(5-6-14)11-1-2-11/h3-4,7,11,17H,1-2,5-6,8-9H2. The van der Waals surface area contributed by atoms with E-state index in [1.807, 2.05) is 18.2 Å².